The van der Waals surface area contributed by atoms with Crippen LogP contribution in [0.4, 0.5) is 4.39 Å². The highest BCUT2D eigenvalue weighted by molar-refractivity contribution is 5.02. The summed E-state index contributed by atoms with van der Waals surface area (Å²) in [6.45, 7) is 3.91. The zero-order chi connectivity index (χ0) is 10.4. The minimum Gasteiger partial charge on any atom is -0.207 e. The van der Waals surface area contributed by atoms with Gasteiger partial charge in [-0.25, -0.2) is 4.39 Å². The van der Waals surface area contributed by atoms with Crippen molar-refractivity contribution in [1.29, 1.82) is 0 Å². The molecule has 2 heteroatoms. The van der Waals surface area contributed by atoms with E-state index in [2.05, 4.69) is 12.1 Å². The summed E-state index contributed by atoms with van der Waals surface area (Å²) in [4.78, 5) is 0. The van der Waals surface area contributed by atoms with E-state index >= 15 is 0 Å². The lowest BCUT2D eigenvalue weighted by Gasteiger charge is -1.91. The van der Waals surface area contributed by atoms with Crippen LogP contribution in [0.25, 0.3) is 0 Å². The first-order valence-corrected chi connectivity index (χ1v) is 7.01. The molecule has 0 radical (unpaired) electrons. The van der Waals surface area contributed by atoms with Crippen LogP contribution >= 0.6 is 0 Å². The van der Waals surface area contributed by atoms with Gasteiger partial charge in [0.1, 0.15) is 5.83 Å². The molecule has 1 aromatic carbocycles. The number of hydrogen-bond acceptors (Lipinski definition) is 0. The van der Waals surface area contributed by atoms with Crippen molar-refractivity contribution < 1.29 is 25.6 Å². The Morgan fingerprint density at radius 2 is 1.79 bits per heavy atom. The molecule has 0 unspecified atom stereocenters. The van der Waals surface area contributed by atoms with E-state index in [1.807, 2.05) is 32.0 Å². The second-order valence-corrected chi connectivity index (χ2v) is 5.99. The maximum atomic E-state index is 13.4. The third-order valence-corrected chi connectivity index (χ3v) is 5.21. The smallest absolute Gasteiger partial charge is 0.207 e. The average molecular weight is 305 g/mol. The van der Waals surface area contributed by atoms with Crippen molar-refractivity contribution >= 4 is 0 Å². The van der Waals surface area contributed by atoms with Crippen molar-refractivity contribution in [3.63, 3.8) is 0 Å². The highest BCUT2D eigenvalue weighted by Gasteiger charge is 2.20. The van der Waals surface area contributed by atoms with E-state index in [0.29, 0.717) is 6.42 Å². The molecule has 0 aliphatic carbocycles. The van der Waals surface area contributed by atoms with E-state index in [9.17, 15) is 4.39 Å². The lowest BCUT2D eigenvalue weighted by Crippen LogP contribution is -3.61. The molecule has 0 saturated carbocycles. The highest BCUT2D eigenvalue weighted by Crippen LogP contribution is 2.05. The molecule has 0 bridgehead atoms. The Morgan fingerprint density at radius 1 is 1.14 bits per heavy atom. The lowest BCUT2D eigenvalue weighted by atomic mass is 10.3. The summed E-state index contributed by atoms with van der Waals surface area (Å²) >= 11 is -0.281. The average Bonchev–Trinajstić information content (AvgIpc) is 2.26. The van der Waals surface area contributed by atoms with Gasteiger partial charge in [-0.1, -0.05) is 32.0 Å². The van der Waals surface area contributed by atoms with Crippen LogP contribution in [0.1, 0.15) is 26.7 Å². The van der Waals surface area contributed by atoms with Gasteiger partial charge >= 0.3 is 21.2 Å². The van der Waals surface area contributed by atoms with Crippen LogP contribution in [0.15, 0.2) is 39.7 Å². The zero-order valence-corrected chi connectivity index (χ0v) is 10.7. The lowest BCUT2D eigenvalue weighted by molar-refractivity contribution is -0.580. The predicted molar refractivity (Wildman–Crippen MR) is 53.9 cm³/mol. The van der Waals surface area contributed by atoms with Crippen LogP contribution in [-0.2, 0) is 0 Å². The number of halogens is 2. The van der Waals surface area contributed by atoms with Crippen LogP contribution in [0.5, 0.6) is 0 Å². The van der Waals surface area contributed by atoms with Crippen molar-refractivity contribution in [1.82, 2.24) is 0 Å². The molecule has 76 valence electrons. The Balaban J connectivity index is 2.77. The molecule has 0 amide bonds. The molecule has 0 aliphatic rings. The summed E-state index contributed by atoms with van der Waals surface area (Å²) in [6.07, 6.45) is 1.39. The number of benzene rings is 1. The molecule has 0 saturated heterocycles. The fourth-order valence-corrected chi connectivity index (χ4v) is 3.69. The molecule has 0 atom stereocenters. The van der Waals surface area contributed by atoms with Crippen molar-refractivity contribution in [3.8, 4) is 0 Å². The zero-order valence-electron chi connectivity index (χ0n) is 8.56. The van der Waals surface area contributed by atoms with E-state index < -0.39 is 0 Å². The van der Waals surface area contributed by atoms with Gasteiger partial charge in [-0.05, 0) is 12.1 Å². The molecule has 0 heterocycles. The third kappa shape index (κ3) is 3.40. The maximum Gasteiger partial charge on any atom is 0.355 e. The normalized spacial score (nSPS) is 12.5. The molecule has 0 nitrogen and oxygen atoms in total. The second kappa shape index (κ2) is 6.17. The Morgan fingerprint density at radius 3 is 2.29 bits per heavy atom. The summed E-state index contributed by atoms with van der Waals surface area (Å²) in [7, 11) is 0. The van der Waals surface area contributed by atoms with Crippen LogP contribution in [-0.4, -0.2) is 0 Å². The first-order valence-electron chi connectivity index (χ1n) is 4.85. The molecular formula is C12H15FI+. The Bertz CT molecular complexity index is 303. The first kappa shape index (κ1) is 11.7. The molecule has 0 N–H and O–H groups in total. The van der Waals surface area contributed by atoms with Gasteiger partial charge in [-0.2, -0.15) is 0 Å². The minimum absolute atomic E-state index is 0.101. The van der Waals surface area contributed by atoms with Gasteiger partial charge in [0.15, 0.2) is 3.57 Å². The summed E-state index contributed by atoms with van der Waals surface area (Å²) < 4.78 is 15.7. The highest BCUT2D eigenvalue weighted by atomic mass is 127. The monoisotopic (exact) mass is 305 g/mol. The molecule has 0 aliphatic heterocycles. The molecule has 14 heavy (non-hydrogen) atoms. The Kier molecular flexibility index (Phi) is 5.15. The molecule has 0 spiro atoms. The van der Waals surface area contributed by atoms with Crippen LogP contribution in [0, 0.1) is 3.57 Å². The predicted octanol–water partition coefficient (Wildman–Crippen LogP) is 0.946. The van der Waals surface area contributed by atoms with Gasteiger partial charge in [-0.3, -0.25) is 0 Å². The summed E-state index contributed by atoms with van der Waals surface area (Å²) in [5, 5.41) is 0. The van der Waals surface area contributed by atoms with Crippen molar-refractivity contribution in [2.45, 2.75) is 26.7 Å². The van der Waals surface area contributed by atoms with Gasteiger partial charge < -0.3 is 0 Å². The van der Waals surface area contributed by atoms with E-state index in [1.54, 1.807) is 0 Å². The van der Waals surface area contributed by atoms with E-state index in [0.717, 1.165) is 10.0 Å². The SMILES string of the molecule is CC/C(F)=C(/CC)[I+]c1ccccc1. The van der Waals surface area contributed by atoms with Crippen molar-refractivity contribution in [2.24, 2.45) is 0 Å². The van der Waals surface area contributed by atoms with Crippen molar-refractivity contribution in [3.05, 3.63) is 43.3 Å². The molecular weight excluding hydrogens is 290 g/mol. The van der Waals surface area contributed by atoms with Gasteiger partial charge in [0.25, 0.3) is 0 Å². The second-order valence-electron chi connectivity index (χ2n) is 2.91. The number of hydrogen-bond donors (Lipinski definition) is 0. The number of allylic oxidation sites excluding steroid dienone is 2. The van der Waals surface area contributed by atoms with Crippen LogP contribution in [0.2, 0.25) is 0 Å². The van der Waals surface area contributed by atoms with E-state index in [4.69, 9.17) is 0 Å². The molecule has 1 rings (SSSR count). The first-order chi connectivity index (χ1) is 6.77. The van der Waals surface area contributed by atoms with Crippen LogP contribution < -0.4 is 21.2 Å². The van der Waals surface area contributed by atoms with Gasteiger partial charge in [0.2, 0.25) is 3.58 Å². The van der Waals surface area contributed by atoms with Gasteiger partial charge in [0.05, 0.1) is 0 Å². The fourth-order valence-electron chi connectivity index (χ4n) is 1.11. The largest absolute Gasteiger partial charge is 0.355 e. The van der Waals surface area contributed by atoms with Gasteiger partial charge in [-0.15, -0.1) is 0 Å². The summed E-state index contributed by atoms with van der Waals surface area (Å²) in [5.41, 5.74) is 0. The molecule has 1 aromatic rings. The summed E-state index contributed by atoms with van der Waals surface area (Å²) in [5.74, 6) is 0.101. The summed E-state index contributed by atoms with van der Waals surface area (Å²) in [6, 6.07) is 10.2. The maximum absolute atomic E-state index is 13.4. The molecule has 0 aromatic heterocycles. The molecule has 0 fully saturated rings. The van der Waals surface area contributed by atoms with E-state index in [1.165, 1.54) is 3.57 Å². The van der Waals surface area contributed by atoms with Crippen LogP contribution in [0.3, 0.4) is 0 Å². The van der Waals surface area contributed by atoms with Crippen molar-refractivity contribution in [2.75, 3.05) is 0 Å². The van der Waals surface area contributed by atoms with Gasteiger partial charge in [0, 0.05) is 12.8 Å². The number of rotatable bonds is 4. The van der Waals surface area contributed by atoms with E-state index in [-0.39, 0.29) is 27.0 Å². The third-order valence-electron chi connectivity index (χ3n) is 1.87. The topological polar surface area (TPSA) is 0 Å². The Hall–Kier alpha value is -0.380. The minimum atomic E-state index is -0.281. The standard InChI is InChI=1S/C12H15FI/c1-3-11(13)12(4-2)14-10-8-6-5-7-9-10/h5-9H,3-4H2,1-2H3/q+1/b12-11+. The Labute approximate surface area is 95.5 Å². The quantitative estimate of drug-likeness (QED) is 0.727. The fraction of sp³-hybridized carbons (Fsp3) is 0.333.